The Morgan fingerprint density at radius 1 is 1.29 bits per heavy atom. The van der Waals surface area contributed by atoms with Gasteiger partial charge < -0.3 is 24.5 Å². The molecule has 1 aromatic carbocycles. The van der Waals surface area contributed by atoms with Crippen molar-refractivity contribution in [2.75, 3.05) is 40.1 Å². The third-order valence-electron chi connectivity index (χ3n) is 6.51. The van der Waals surface area contributed by atoms with Gasteiger partial charge in [0.25, 0.3) is 5.92 Å². The highest BCUT2D eigenvalue weighted by atomic mass is 19.3. The monoisotopic (exact) mass is 534 g/mol. The number of alkyl halides is 3. The number of alkyl carbamates (subject to hydrolysis) is 1. The largest absolute Gasteiger partial charge is 0.496 e. The number of ether oxygens (including phenoxy) is 3. The number of carbonyl (C=O) groups is 1. The second-order valence-electron chi connectivity index (χ2n) is 9.48. The van der Waals surface area contributed by atoms with Crippen LogP contribution in [-0.4, -0.2) is 73.0 Å². The molecular weight excluding hydrogens is 501 g/mol. The van der Waals surface area contributed by atoms with Gasteiger partial charge in [-0.2, -0.15) is 0 Å². The van der Waals surface area contributed by atoms with Crippen LogP contribution in [0.25, 0.3) is 10.9 Å². The van der Waals surface area contributed by atoms with Crippen LogP contribution in [0.3, 0.4) is 0 Å². The lowest BCUT2D eigenvalue weighted by molar-refractivity contribution is -0.0369. The molecule has 1 aliphatic heterocycles. The van der Waals surface area contributed by atoms with Crippen molar-refractivity contribution in [2.24, 2.45) is 0 Å². The van der Waals surface area contributed by atoms with Crippen molar-refractivity contribution in [3.63, 3.8) is 0 Å². The van der Waals surface area contributed by atoms with E-state index in [0.29, 0.717) is 17.7 Å². The SMILES string of the molecule is COc1cc(OCCOC(=O)NCCCF)ncc1[C@@H]1c2[nH]c3ccccc3c2C[C@@H](C)N1CC(C)(F)F. The smallest absolute Gasteiger partial charge is 0.407 e. The number of methoxy groups -OCH3 is 1. The first-order valence-corrected chi connectivity index (χ1v) is 12.6. The lowest BCUT2D eigenvalue weighted by Crippen LogP contribution is -2.47. The van der Waals surface area contributed by atoms with Gasteiger partial charge in [-0.25, -0.2) is 18.6 Å². The zero-order valence-electron chi connectivity index (χ0n) is 21.7. The summed E-state index contributed by atoms with van der Waals surface area (Å²) in [7, 11) is 1.50. The summed E-state index contributed by atoms with van der Waals surface area (Å²) in [6.45, 7) is 2.11. The first-order chi connectivity index (χ1) is 18.2. The van der Waals surface area contributed by atoms with E-state index in [4.69, 9.17) is 14.2 Å². The van der Waals surface area contributed by atoms with E-state index in [1.165, 1.54) is 7.11 Å². The fourth-order valence-electron chi connectivity index (χ4n) is 4.89. The predicted octanol–water partition coefficient (Wildman–Crippen LogP) is 5.03. The van der Waals surface area contributed by atoms with Gasteiger partial charge in [-0.05, 0) is 31.4 Å². The number of hydrogen-bond acceptors (Lipinski definition) is 6. The van der Waals surface area contributed by atoms with E-state index < -0.39 is 31.3 Å². The highest BCUT2D eigenvalue weighted by molar-refractivity contribution is 5.85. The van der Waals surface area contributed by atoms with Crippen molar-refractivity contribution in [1.29, 1.82) is 0 Å². The summed E-state index contributed by atoms with van der Waals surface area (Å²) in [6.07, 6.45) is 1.77. The minimum atomic E-state index is -2.90. The molecule has 0 spiro atoms. The number of benzene rings is 1. The summed E-state index contributed by atoms with van der Waals surface area (Å²) in [6, 6.07) is 8.81. The Kier molecular flexibility index (Phi) is 8.65. The fraction of sp³-hybridized carbons (Fsp3) is 0.481. The molecule has 206 valence electrons. The number of hydrogen-bond donors (Lipinski definition) is 2. The van der Waals surface area contributed by atoms with E-state index in [1.807, 2.05) is 31.2 Å². The van der Waals surface area contributed by atoms with Gasteiger partial charge in [0.05, 0.1) is 26.4 Å². The van der Waals surface area contributed by atoms with Crippen molar-refractivity contribution in [3.05, 3.63) is 53.3 Å². The molecule has 0 aliphatic carbocycles. The molecule has 4 rings (SSSR count). The number of carbonyl (C=O) groups excluding carboxylic acids is 1. The number of para-hydroxylation sites is 1. The Bertz CT molecular complexity index is 1250. The molecule has 0 bridgehead atoms. The molecule has 3 aromatic rings. The number of fused-ring (bicyclic) bond motifs is 3. The van der Waals surface area contributed by atoms with Crippen LogP contribution in [0.1, 0.15) is 43.1 Å². The number of aromatic nitrogens is 2. The van der Waals surface area contributed by atoms with Crippen molar-refractivity contribution < 1.29 is 32.2 Å². The van der Waals surface area contributed by atoms with E-state index in [9.17, 15) is 18.0 Å². The van der Waals surface area contributed by atoms with Gasteiger partial charge in [0, 0.05) is 53.9 Å². The molecule has 8 nitrogen and oxygen atoms in total. The number of halogens is 3. The zero-order valence-corrected chi connectivity index (χ0v) is 21.7. The molecule has 0 fully saturated rings. The van der Waals surface area contributed by atoms with Crippen LogP contribution in [0.15, 0.2) is 36.5 Å². The van der Waals surface area contributed by atoms with E-state index in [-0.39, 0.29) is 38.1 Å². The van der Waals surface area contributed by atoms with Gasteiger partial charge >= 0.3 is 6.09 Å². The third kappa shape index (κ3) is 6.32. The average molecular weight is 535 g/mol. The number of pyridine rings is 1. The first kappa shape index (κ1) is 27.6. The average Bonchev–Trinajstić information content (AvgIpc) is 3.24. The summed E-state index contributed by atoms with van der Waals surface area (Å²) in [5.74, 6) is -2.23. The van der Waals surface area contributed by atoms with Crippen LogP contribution in [0, 0.1) is 0 Å². The number of nitrogens with zero attached hydrogens (tertiary/aromatic N) is 2. The zero-order chi connectivity index (χ0) is 27.3. The van der Waals surface area contributed by atoms with Gasteiger partial charge in [-0.1, -0.05) is 18.2 Å². The summed E-state index contributed by atoms with van der Waals surface area (Å²) in [5, 5.41) is 3.50. The Labute approximate surface area is 219 Å². The highest BCUT2D eigenvalue weighted by Gasteiger charge is 2.41. The maximum Gasteiger partial charge on any atom is 0.407 e. The molecule has 2 N–H and O–H groups in total. The molecule has 1 amide bonds. The molecule has 0 saturated carbocycles. The predicted molar refractivity (Wildman–Crippen MR) is 137 cm³/mol. The van der Waals surface area contributed by atoms with Crippen LogP contribution < -0.4 is 14.8 Å². The van der Waals surface area contributed by atoms with Crippen LogP contribution >= 0.6 is 0 Å². The maximum atomic E-state index is 14.3. The van der Waals surface area contributed by atoms with Gasteiger partial charge in [-0.3, -0.25) is 9.29 Å². The second kappa shape index (κ2) is 11.9. The lowest BCUT2D eigenvalue weighted by atomic mass is 9.88. The molecule has 3 heterocycles. The topological polar surface area (TPSA) is 88.7 Å². The normalized spacial score (nSPS) is 17.7. The molecule has 0 unspecified atom stereocenters. The van der Waals surface area contributed by atoms with E-state index in [1.54, 1.807) is 17.2 Å². The number of aromatic amines is 1. The summed E-state index contributed by atoms with van der Waals surface area (Å²) < 4.78 is 57.1. The minimum Gasteiger partial charge on any atom is -0.496 e. The molecular formula is C27H33F3N4O4. The number of nitrogens with one attached hydrogen (secondary N) is 2. The van der Waals surface area contributed by atoms with Crippen LogP contribution in [0.5, 0.6) is 11.6 Å². The van der Waals surface area contributed by atoms with Gasteiger partial charge in [-0.15, -0.1) is 0 Å². The van der Waals surface area contributed by atoms with Gasteiger partial charge in [0.15, 0.2) is 0 Å². The molecule has 38 heavy (non-hydrogen) atoms. The maximum absolute atomic E-state index is 14.3. The third-order valence-corrected chi connectivity index (χ3v) is 6.51. The van der Waals surface area contributed by atoms with Crippen LogP contribution in [0.2, 0.25) is 0 Å². The standard InChI is InChI=1S/C27H33F3N4O4/c1-17-13-19-18-7-4-5-8-21(18)33-24(19)25(34(17)16-27(2,29)30)20-15-32-23(14-22(20)36-3)37-11-12-38-26(35)31-10-6-9-28/h4-5,7-8,14-15,17,25,33H,6,9-13,16H2,1-3H3,(H,31,35)/t17-,25-/m1/s1. The van der Waals surface area contributed by atoms with E-state index in [0.717, 1.165) is 29.1 Å². The summed E-state index contributed by atoms with van der Waals surface area (Å²) in [5.41, 5.74) is 3.51. The molecule has 2 atom stereocenters. The molecule has 0 saturated heterocycles. The van der Waals surface area contributed by atoms with E-state index in [2.05, 4.69) is 15.3 Å². The summed E-state index contributed by atoms with van der Waals surface area (Å²) >= 11 is 0. The molecule has 2 aromatic heterocycles. The van der Waals surface area contributed by atoms with Crippen molar-refractivity contribution >= 4 is 17.0 Å². The Morgan fingerprint density at radius 3 is 2.82 bits per heavy atom. The highest BCUT2D eigenvalue weighted by Crippen LogP contribution is 2.44. The Hall–Kier alpha value is -3.47. The Morgan fingerprint density at radius 2 is 2.08 bits per heavy atom. The molecule has 11 heteroatoms. The van der Waals surface area contributed by atoms with Crippen molar-refractivity contribution in [1.82, 2.24) is 20.2 Å². The summed E-state index contributed by atoms with van der Waals surface area (Å²) in [4.78, 5) is 21.2. The van der Waals surface area contributed by atoms with Gasteiger partial charge in [0.2, 0.25) is 5.88 Å². The first-order valence-electron chi connectivity index (χ1n) is 12.6. The number of amides is 1. The Balaban J connectivity index is 1.58. The second-order valence-corrected chi connectivity index (χ2v) is 9.48. The number of rotatable bonds is 11. The molecule has 1 aliphatic rings. The van der Waals surface area contributed by atoms with Crippen LogP contribution in [0.4, 0.5) is 18.0 Å². The number of H-pyrrole nitrogens is 1. The minimum absolute atomic E-state index is 0.0346. The molecule has 0 radical (unpaired) electrons. The quantitative estimate of drug-likeness (QED) is 0.336. The van der Waals surface area contributed by atoms with Crippen molar-refractivity contribution in [2.45, 2.75) is 44.7 Å². The lowest BCUT2D eigenvalue weighted by Gasteiger charge is -2.42. The van der Waals surface area contributed by atoms with E-state index >= 15 is 0 Å². The van der Waals surface area contributed by atoms with Gasteiger partial charge in [0.1, 0.15) is 19.0 Å². The fourth-order valence-corrected chi connectivity index (χ4v) is 4.89. The van der Waals surface area contributed by atoms with Crippen molar-refractivity contribution in [3.8, 4) is 11.6 Å². The van der Waals surface area contributed by atoms with Crippen LogP contribution in [-0.2, 0) is 11.2 Å².